The van der Waals surface area contributed by atoms with Gasteiger partial charge < -0.3 is 5.53 Å². The Balaban J connectivity index is 0.000000757. The minimum Gasteiger partial charge on any atom is -0.0654 e. The van der Waals surface area contributed by atoms with Gasteiger partial charge >= 0.3 is 169 Å². The van der Waals surface area contributed by atoms with Gasteiger partial charge in [0.25, 0.3) is 0 Å². The Kier molecular flexibility index (Phi) is 76.1. The maximum atomic E-state index is 12.2. The minimum absolute atomic E-state index is 0.864. The summed E-state index contributed by atoms with van der Waals surface area (Å²) in [7, 11) is 0. The van der Waals surface area contributed by atoms with Gasteiger partial charge in [-0.05, 0) is 80.7 Å². The van der Waals surface area contributed by atoms with Gasteiger partial charge in [-0.3, -0.25) is 0 Å². The fraction of sp³-hybridized carbons (Fsp3) is 0.825. The van der Waals surface area contributed by atoms with Crippen molar-refractivity contribution < 1.29 is 22.7 Å². The Hall–Kier alpha value is -2.26. The predicted octanol–water partition coefficient (Wildman–Crippen LogP) is 37.2. The van der Waals surface area contributed by atoms with Crippen LogP contribution in [-0.4, -0.2) is 4.70 Å². The molecule has 616 valence electrons. The van der Waals surface area contributed by atoms with E-state index in [0.717, 1.165) is 92.7 Å². The zero-order valence-corrected chi connectivity index (χ0v) is 74.2. The fourth-order valence-electron chi connectivity index (χ4n) is 16.4. The smallest absolute Gasteiger partial charge is 0.0654 e. The van der Waals surface area contributed by atoms with Crippen LogP contribution in [0.4, 0.5) is 0 Å². The van der Waals surface area contributed by atoms with Crippen molar-refractivity contribution in [2.24, 2.45) is 0 Å². The average molecular weight is 1560 g/mol. The van der Waals surface area contributed by atoms with Crippen molar-refractivity contribution in [2.75, 3.05) is 0 Å². The van der Waals surface area contributed by atoms with Gasteiger partial charge in [0, 0.05) is 35.1 Å². The van der Waals surface area contributed by atoms with E-state index < -0.39 is 0 Å². The van der Waals surface area contributed by atoms with Crippen molar-refractivity contribution in [1.82, 2.24) is 0 Å². The number of aryl methyl sites for hydroxylation is 2. The van der Waals surface area contributed by atoms with Crippen molar-refractivity contribution in [1.29, 1.82) is 0 Å². The summed E-state index contributed by atoms with van der Waals surface area (Å²) in [4.78, 5) is 3.10. The molecule has 1 aliphatic rings. The molecule has 0 amide bonds. The third kappa shape index (κ3) is 59.5. The molecule has 1 heterocycles. The number of benzene rings is 2. The second-order valence-corrected chi connectivity index (χ2v) is 36.0. The van der Waals surface area contributed by atoms with E-state index in [0.29, 0.717) is 0 Å². The van der Waals surface area contributed by atoms with Crippen LogP contribution >= 0.6 is 0 Å². The fourth-order valence-corrected chi connectivity index (χ4v) is 18.3. The summed E-state index contributed by atoms with van der Waals surface area (Å²) >= 11 is 1.06. The van der Waals surface area contributed by atoms with E-state index in [1.54, 1.807) is 14.5 Å². The zero-order valence-electron chi connectivity index (χ0n) is 72.7. The number of hydrogen-bond acceptors (Lipinski definition) is 0. The van der Waals surface area contributed by atoms with Crippen LogP contribution in [0.15, 0.2) is 59.7 Å². The van der Waals surface area contributed by atoms with Gasteiger partial charge in [-0.15, -0.1) is 11.8 Å². The van der Waals surface area contributed by atoms with E-state index in [4.69, 9.17) is 0 Å². The molecule has 3 heteroatoms. The van der Waals surface area contributed by atoms with Gasteiger partial charge in [0.1, 0.15) is 0 Å². The Morgan fingerprint density at radius 2 is 0.538 bits per heavy atom. The van der Waals surface area contributed by atoms with Gasteiger partial charge in [0.2, 0.25) is 11.4 Å². The normalized spacial score (nSPS) is 12.3. The van der Waals surface area contributed by atoms with Crippen molar-refractivity contribution in [3.8, 4) is 11.8 Å². The molecule has 0 N–H and O–H groups in total. The molecule has 2 nitrogen and oxygen atoms in total. The standard InChI is InChI=1S/C59H94N2.2C22H45.Pd/c1-5-9-13-14-15-16-17-18-19-20-21-22-23-24-25-26-27-28-29-30-31-32-33-34-35-36-37-39-45-53-46-40-41-49-55(53)59-57(48-12-8-4)56(50-38-10-6-2)58(61(59)60)54-47-42-44-52(51-54)43-11-7-3;2*1-3-5-7-9-11-13-15-17-19-21-22-20-18-16-14-12-10-8-6-4-2;/h40-42,44,46-47,49,51H,5-35,38-39,43,45,48,50H2,1-4H3;2*1,3-22H2,2H3;. The summed E-state index contributed by atoms with van der Waals surface area (Å²) in [5, 5.41) is 0. The SMILES string of the molecule is CCCCCCCCCCCCCCCCCCCCCCCCCCC#CCCc1ccccc1C1=C(CCCC)C(CCCCC)=C(c2cccc(CCCC)c2)[N+]1=[N-].CCCCCCCCCCCCCCCCCCCCC[CH2][Pd][CH2]CCCCCCCCCCCCCCCCCCCCC. The topological polar surface area (TPSA) is 25.3 Å². The van der Waals surface area contributed by atoms with Crippen LogP contribution in [0.2, 0.25) is 9.79 Å². The summed E-state index contributed by atoms with van der Waals surface area (Å²) in [6.07, 6.45) is 108. The van der Waals surface area contributed by atoms with Crippen LogP contribution in [0.25, 0.3) is 16.9 Å². The molecule has 0 unspecified atom stereocenters. The summed E-state index contributed by atoms with van der Waals surface area (Å²) in [6, 6.07) is 17.8. The van der Waals surface area contributed by atoms with Gasteiger partial charge in [-0.25, -0.2) is 4.70 Å². The molecule has 3 rings (SSSR count). The Labute approximate surface area is 674 Å². The molecule has 0 saturated carbocycles. The number of hydrogen-bond donors (Lipinski definition) is 0. The van der Waals surface area contributed by atoms with Crippen molar-refractivity contribution in [2.45, 2.75) is 546 Å². The molecule has 1 aliphatic heterocycles. The quantitative estimate of drug-likeness (QED) is 0.0273. The maximum absolute atomic E-state index is 12.2. The van der Waals surface area contributed by atoms with Crippen LogP contribution in [-0.2, 0) is 30.8 Å². The molecule has 0 aromatic heterocycles. The van der Waals surface area contributed by atoms with Crippen LogP contribution in [0, 0.1) is 11.8 Å². The molecule has 0 saturated heterocycles. The first kappa shape index (κ1) is 99.8. The molecule has 0 aliphatic carbocycles. The monoisotopic (exact) mass is 1560 g/mol. The molecule has 0 spiro atoms. The van der Waals surface area contributed by atoms with E-state index in [1.807, 2.05) is 0 Å². The van der Waals surface area contributed by atoms with Gasteiger partial charge in [-0.2, -0.15) is 0 Å². The van der Waals surface area contributed by atoms with Crippen molar-refractivity contribution >= 4 is 11.4 Å². The van der Waals surface area contributed by atoms with Crippen LogP contribution < -0.4 is 0 Å². The van der Waals surface area contributed by atoms with E-state index in [2.05, 4.69) is 102 Å². The summed E-state index contributed by atoms with van der Waals surface area (Å²) in [5.74, 6) is 7.03. The third-order valence-corrected chi connectivity index (χ3v) is 25.6. The predicted molar refractivity (Wildman–Crippen MR) is 475 cm³/mol. The second kappa shape index (κ2) is 80.8. The van der Waals surface area contributed by atoms with Gasteiger partial charge in [0.05, 0.1) is 0 Å². The first-order valence-corrected chi connectivity index (χ1v) is 50.8. The zero-order chi connectivity index (χ0) is 75.8. The molecular weight excluding hydrogens is 1370 g/mol. The van der Waals surface area contributed by atoms with E-state index in [-0.39, 0.29) is 0 Å². The molecule has 0 bridgehead atoms. The Morgan fingerprint density at radius 3 is 0.896 bits per heavy atom. The van der Waals surface area contributed by atoms with Crippen molar-refractivity contribution in [3.63, 3.8) is 0 Å². The Bertz CT molecular complexity index is 2270. The summed E-state index contributed by atoms with van der Waals surface area (Å²) in [5.41, 5.74) is 21.9. The van der Waals surface area contributed by atoms with Crippen LogP contribution in [0.3, 0.4) is 0 Å². The van der Waals surface area contributed by atoms with E-state index in [9.17, 15) is 5.53 Å². The summed E-state index contributed by atoms with van der Waals surface area (Å²) in [6.45, 7) is 13.7. The molecular formula is C103H184N2Pd. The number of nitrogens with zero attached hydrogens (tertiary/aromatic N) is 2. The molecule has 0 atom stereocenters. The van der Waals surface area contributed by atoms with Gasteiger partial charge in [-0.1, -0.05) is 361 Å². The third-order valence-electron chi connectivity index (χ3n) is 23.4. The average Bonchev–Trinajstić information content (AvgIpc) is 1.60. The number of unbranched alkanes of at least 4 members (excludes halogenated alkanes) is 66. The van der Waals surface area contributed by atoms with Gasteiger partial charge in [0.15, 0.2) is 0 Å². The molecule has 2 aromatic rings. The van der Waals surface area contributed by atoms with Crippen LogP contribution in [0.1, 0.15) is 545 Å². The second-order valence-electron chi connectivity index (χ2n) is 33.6. The molecule has 2 aromatic carbocycles. The van der Waals surface area contributed by atoms with Crippen molar-refractivity contribution in [3.05, 3.63) is 87.5 Å². The molecule has 0 radical (unpaired) electrons. The molecule has 0 fully saturated rings. The molecule has 106 heavy (non-hydrogen) atoms. The first-order valence-electron chi connectivity index (χ1n) is 48.6. The van der Waals surface area contributed by atoms with Crippen LogP contribution in [0.5, 0.6) is 0 Å². The Morgan fingerprint density at radius 1 is 0.255 bits per heavy atom. The van der Waals surface area contributed by atoms with E-state index >= 15 is 0 Å². The first-order chi connectivity index (χ1) is 52.6. The summed E-state index contributed by atoms with van der Waals surface area (Å²) < 4.78 is 1.58. The number of allylic oxidation sites excluding steroid dienone is 2. The number of rotatable bonds is 80. The van der Waals surface area contributed by atoms with E-state index in [1.165, 1.54) is 464 Å². The minimum atomic E-state index is 0.864.